The zero-order chi connectivity index (χ0) is 10.2. The average Bonchev–Trinajstić information content (AvgIpc) is 2.12. The summed E-state index contributed by atoms with van der Waals surface area (Å²) in [5, 5.41) is 46.2. The van der Waals surface area contributed by atoms with Crippen molar-refractivity contribution in [2.75, 3.05) is 6.61 Å². The van der Waals surface area contributed by atoms with Gasteiger partial charge in [0.25, 0.3) is 0 Å². The first-order valence-corrected chi connectivity index (χ1v) is 4.06. The van der Waals surface area contributed by atoms with Crippen LogP contribution in [0, 0.1) is 0 Å². The van der Waals surface area contributed by atoms with E-state index in [1.165, 1.54) is 0 Å². The molecule has 0 aliphatic heterocycles. The minimum atomic E-state index is -2.03. The Morgan fingerprint density at radius 3 is 2.23 bits per heavy atom. The van der Waals surface area contributed by atoms with Crippen LogP contribution in [0.2, 0.25) is 0 Å². The summed E-state index contributed by atoms with van der Waals surface area (Å²) < 4.78 is 0. The summed E-state index contributed by atoms with van der Waals surface area (Å²) in [4.78, 5) is 0. The van der Waals surface area contributed by atoms with Crippen LogP contribution in [0.1, 0.15) is 6.42 Å². The molecule has 1 saturated carbocycles. The minimum Gasteiger partial charge on any atom is -0.393 e. The topological polar surface area (TPSA) is 127 Å². The summed E-state index contributed by atoms with van der Waals surface area (Å²) in [5.74, 6) is 0. The SMILES string of the molecule is N[C@@H]1[C@H](O)C[C@@H](O)[C@H](O)[C@@]1(O)CO. The molecule has 5 atom stereocenters. The molecule has 1 aliphatic rings. The fraction of sp³-hybridized carbons (Fsp3) is 1.00. The molecule has 1 rings (SSSR count). The smallest absolute Gasteiger partial charge is 0.133 e. The summed E-state index contributed by atoms with van der Waals surface area (Å²) in [6.45, 7) is -0.802. The third-order valence-electron chi connectivity index (χ3n) is 2.60. The van der Waals surface area contributed by atoms with Crippen LogP contribution in [-0.4, -0.2) is 62.1 Å². The van der Waals surface area contributed by atoms with Crippen LogP contribution < -0.4 is 5.73 Å². The second-order valence-electron chi connectivity index (χ2n) is 3.49. The Kier molecular flexibility index (Phi) is 2.91. The summed E-state index contributed by atoms with van der Waals surface area (Å²) in [6, 6.07) is -1.16. The molecule has 13 heavy (non-hydrogen) atoms. The molecule has 0 saturated heterocycles. The molecule has 1 fully saturated rings. The zero-order valence-corrected chi connectivity index (χ0v) is 7.04. The number of aliphatic hydroxyl groups excluding tert-OH is 4. The number of hydrogen-bond donors (Lipinski definition) is 6. The number of aliphatic hydroxyl groups is 5. The van der Waals surface area contributed by atoms with Gasteiger partial charge in [0, 0.05) is 6.42 Å². The lowest BCUT2D eigenvalue weighted by atomic mass is 9.75. The van der Waals surface area contributed by atoms with Gasteiger partial charge in [-0.05, 0) is 0 Å². The van der Waals surface area contributed by atoms with E-state index in [1.807, 2.05) is 0 Å². The first kappa shape index (κ1) is 10.8. The van der Waals surface area contributed by atoms with Crippen LogP contribution >= 0.6 is 0 Å². The molecule has 6 heteroatoms. The summed E-state index contributed by atoms with van der Waals surface area (Å²) in [5.41, 5.74) is 3.36. The van der Waals surface area contributed by atoms with Crippen LogP contribution in [0.5, 0.6) is 0 Å². The highest BCUT2D eigenvalue weighted by Crippen LogP contribution is 2.28. The highest BCUT2D eigenvalue weighted by atomic mass is 16.4. The molecular weight excluding hydrogens is 178 g/mol. The molecule has 0 spiro atoms. The van der Waals surface area contributed by atoms with E-state index in [1.54, 1.807) is 0 Å². The quantitative estimate of drug-likeness (QED) is 0.257. The summed E-state index contributed by atoms with van der Waals surface area (Å²) >= 11 is 0. The Hall–Kier alpha value is -0.240. The molecule has 0 aromatic carbocycles. The standard InChI is InChI=1S/C7H15NO5/c8-5-3(10)1-4(11)6(12)7(5,13)2-9/h3-6,9-13H,1-2,8H2/t3-,4-,5-,6+,7-/m1/s1. The van der Waals surface area contributed by atoms with E-state index < -0.39 is 36.6 Å². The monoisotopic (exact) mass is 193 g/mol. The maximum absolute atomic E-state index is 9.61. The van der Waals surface area contributed by atoms with Gasteiger partial charge in [-0.3, -0.25) is 0 Å². The van der Waals surface area contributed by atoms with Gasteiger partial charge in [-0.1, -0.05) is 0 Å². The van der Waals surface area contributed by atoms with Crippen LogP contribution in [0.15, 0.2) is 0 Å². The van der Waals surface area contributed by atoms with Crippen molar-refractivity contribution in [3.05, 3.63) is 0 Å². The number of hydrogen-bond acceptors (Lipinski definition) is 6. The van der Waals surface area contributed by atoms with Crippen molar-refractivity contribution in [2.45, 2.75) is 36.4 Å². The Labute approximate surface area is 75.2 Å². The second kappa shape index (κ2) is 3.49. The average molecular weight is 193 g/mol. The van der Waals surface area contributed by atoms with Gasteiger partial charge < -0.3 is 31.3 Å². The Bertz CT molecular complexity index is 174. The molecule has 0 radical (unpaired) electrons. The van der Waals surface area contributed by atoms with E-state index in [9.17, 15) is 20.4 Å². The third-order valence-corrected chi connectivity index (χ3v) is 2.60. The van der Waals surface area contributed by atoms with Gasteiger partial charge in [0.1, 0.15) is 11.7 Å². The molecule has 1 aliphatic carbocycles. The van der Waals surface area contributed by atoms with Crippen LogP contribution in [0.25, 0.3) is 0 Å². The first-order chi connectivity index (χ1) is 5.93. The highest BCUT2D eigenvalue weighted by Gasteiger charge is 2.51. The molecule has 6 nitrogen and oxygen atoms in total. The Balaban J connectivity index is 2.88. The van der Waals surface area contributed by atoms with Crippen molar-refractivity contribution in [3.63, 3.8) is 0 Å². The van der Waals surface area contributed by atoms with Gasteiger partial charge in [0.15, 0.2) is 0 Å². The van der Waals surface area contributed by atoms with Gasteiger partial charge >= 0.3 is 0 Å². The zero-order valence-electron chi connectivity index (χ0n) is 7.04. The lowest BCUT2D eigenvalue weighted by Crippen LogP contribution is -2.70. The first-order valence-electron chi connectivity index (χ1n) is 4.06. The van der Waals surface area contributed by atoms with Crippen molar-refractivity contribution < 1.29 is 25.5 Å². The van der Waals surface area contributed by atoms with Crippen molar-refractivity contribution in [1.82, 2.24) is 0 Å². The number of rotatable bonds is 1. The molecule has 0 unspecified atom stereocenters. The van der Waals surface area contributed by atoms with Gasteiger partial charge in [-0.25, -0.2) is 0 Å². The third kappa shape index (κ3) is 1.56. The molecule has 0 aromatic rings. The Morgan fingerprint density at radius 2 is 1.77 bits per heavy atom. The predicted octanol–water partition coefficient (Wildman–Crippen LogP) is -3.48. The molecule has 0 bridgehead atoms. The predicted molar refractivity (Wildman–Crippen MR) is 42.6 cm³/mol. The van der Waals surface area contributed by atoms with Crippen molar-refractivity contribution in [1.29, 1.82) is 0 Å². The summed E-state index contributed by atoms with van der Waals surface area (Å²) in [7, 11) is 0. The van der Waals surface area contributed by atoms with Crippen LogP contribution in [-0.2, 0) is 0 Å². The van der Waals surface area contributed by atoms with Gasteiger partial charge in [-0.2, -0.15) is 0 Å². The van der Waals surface area contributed by atoms with Crippen LogP contribution in [0.4, 0.5) is 0 Å². The molecule has 0 heterocycles. The number of nitrogens with two attached hydrogens (primary N) is 1. The minimum absolute atomic E-state index is 0.107. The maximum Gasteiger partial charge on any atom is 0.133 e. The largest absolute Gasteiger partial charge is 0.393 e. The van der Waals surface area contributed by atoms with Crippen molar-refractivity contribution in [2.24, 2.45) is 5.73 Å². The van der Waals surface area contributed by atoms with E-state index in [4.69, 9.17) is 10.8 Å². The molecule has 78 valence electrons. The molecular formula is C7H15NO5. The van der Waals surface area contributed by atoms with Crippen LogP contribution in [0.3, 0.4) is 0 Å². The fourth-order valence-corrected chi connectivity index (χ4v) is 1.59. The lowest BCUT2D eigenvalue weighted by molar-refractivity contribution is -0.201. The van der Waals surface area contributed by atoms with E-state index >= 15 is 0 Å². The second-order valence-corrected chi connectivity index (χ2v) is 3.49. The van der Waals surface area contributed by atoms with Crippen molar-refractivity contribution >= 4 is 0 Å². The van der Waals surface area contributed by atoms with Crippen molar-refractivity contribution in [3.8, 4) is 0 Å². The van der Waals surface area contributed by atoms with E-state index in [2.05, 4.69) is 0 Å². The normalized spacial score (nSPS) is 52.2. The summed E-state index contributed by atoms with van der Waals surface area (Å²) in [6.07, 6.45) is -4.04. The van der Waals surface area contributed by atoms with Gasteiger partial charge in [-0.15, -0.1) is 0 Å². The maximum atomic E-state index is 9.61. The lowest BCUT2D eigenvalue weighted by Gasteiger charge is -2.45. The molecule has 7 N–H and O–H groups in total. The molecule has 0 aromatic heterocycles. The van der Waals surface area contributed by atoms with Gasteiger partial charge in [0.05, 0.1) is 24.9 Å². The van der Waals surface area contributed by atoms with E-state index in [0.717, 1.165) is 0 Å². The highest BCUT2D eigenvalue weighted by molar-refractivity contribution is 5.06. The fourth-order valence-electron chi connectivity index (χ4n) is 1.59. The molecule has 0 amide bonds. The Morgan fingerprint density at radius 1 is 1.23 bits per heavy atom. The van der Waals surface area contributed by atoms with E-state index in [0.29, 0.717) is 0 Å². The van der Waals surface area contributed by atoms with E-state index in [-0.39, 0.29) is 6.42 Å². The van der Waals surface area contributed by atoms with Gasteiger partial charge in [0.2, 0.25) is 0 Å².